The zero-order valence-corrected chi connectivity index (χ0v) is 15.2. The molecular weight excluding hydrogens is 462 g/mol. The van der Waals surface area contributed by atoms with Crippen LogP contribution in [0, 0.1) is 43.5 Å². The number of amides is 1. The highest BCUT2D eigenvalue weighted by Crippen LogP contribution is 2.30. The van der Waals surface area contributed by atoms with Crippen molar-refractivity contribution in [3.63, 3.8) is 0 Å². The maximum Gasteiger partial charge on any atom is 0.341 e. The first-order chi connectivity index (χ1) is 14.3. The van der Waals surface area contributed by atoms with Gasteiger partial charge in [-0.05, 0) is 0 Å². The van der Waals surface area contributed by atoms with Crippen molar-refractivity contribution in [3.8, 4) is 0 Å². The fraction of sp³-hybridized carbons (Fsp3) is 0.176. The van der Waals surface area contributed by atoms with E-state index in [-0.39, 0.29) is 14.9 Å². The molecule has 0 saturated carbocycles. The van der Waals surface area contributed by atoms with Crippen molar-refractivity contribution < 1.29 is 41.7 Å². The minimum atomic E-state index is -1.65. The van der Waals surface area contributed by atoms with E-state index in [9.17, 15) is 47.4 Å². The second-order valence-corrected chi connectivity index (χ2v) is 5.34. The second-order valence-electron chi connectivity index (χ2n) is 5.34. The van der Waals surface area contributed by atoms with E-state index in [0.717, 1.165) is 7.11 Å². The number of primary amides is 1. The van der Waals surface area contributed by atoms with Crippen LogP contribution in [-0.4, -0.2) is 28.8 Å². The number of benzene rings is 2. The molecular formula is C17H19F4N5O7. The molecule has 6 N–H and O–H groups in total. The maximum atomic E-state index is 13.2. The average Bonchev–Trinajstić information content (AvgIpc) is 2.69. The van der Waals surface area contributed by atoms with Crippen molar-refractivity contribution in [2.24, 2.45) is 5.73 Å². The van der Waals surface area contributed by atoms with E-state index in [2.05, 4.69) is 4.74 Å². The number of methoxy groups -OCH3 is 1. The van der Waals surface area contributed by atoms with E-state index in [0.29, 0.717) is 12.1 Å². The number of hydrogen-bond acceptors (Lipinski definition) is 9. The molecule has 0 saturated heterocycles. The third-order valence-corrected chi connectivity index (χ3v) is 3.51. The Hall–Kier alpha value is -4.50. The molecule has 0 radical (unpaired) electrons. The van der Waals surface area contributed by atoms with Gasteiger partial charge >= 0.3 is 5.97 Å². The molecule has 0 heterocycles. The van der Waals surface area contributed by atoms with Gasteiger partial charge in [0.1, 0.15) is 16.9 Å². The molecule has 0 aliphatic heterocycles. The molecule has 0 aliphatic rings. The van der Waals surface area contributed by atoms with Gasteiger partial charge in [-0.2, -0.15) is 0 Å². The number of esters is 1. The SMILES string of the molecule is C.C.COC(=O)c1cc([N+](=O)[O-])c(N)c(F)c1F.NC(=O)c1cc([N+](=O)[O-])c(N)c(F)c1F. The molecule has 12 nitrogen and oxygen atoms in total. The quantitative estimate of drug-likeness (QED) is 0.192. The average molecular weight is 481 g/mol. The van der Waals surface area contributed by atoms with Gasteiger partial charge in [-0.1, -0.05) is 14.9 Å². The first-order valence-corrected chi connectivity index (χ1v) is 7.47. The molecule has 0 spiro atoms. The molecule has 0 fully saturated rings. The zero-order valence-electron chi connectivity index (χ0n) is 15.2. The van der Waals surface area contributed by atoms with Crippen LogP contribution in [0.2, 0.25) is 0 Å². The lowest BCUT2D eigenvalue weighted by atomic mass is 10.1. The predicted molar refractivity (Wildman–Crippen MR) is 108 cm³/mol. The van der Waals surface area contributed by atoms with E-state index in [1.165, 1.54) is 0 Å². The van der Waals surface area contributed by atoms with Gasteiger partial charge in [0, 0.05) is 12.1 Å². The van der Waals surface area contributed by atoms with Gasteiger partial charge in [0.15, 0.2) is 23.3 Å². The van der Waals surface area contributed by atoms with Gasteiger partial charge in [-0.3, -0.25) is 25.0 Å². The first-order valence-electron chi connectivity index (χ1n) is 7.47. The van der Waals surface area contributed by atoms with Crippen LogP contribution in [0.1, 0.15) is 35.6 Å². The van der Waals surface area contributed by atoms with Crippen LogP contribution in [0.3, 0.4) is 0 Å². The summed E-state index contributed by atoms with van der Waals surface area (Å²) in [5.74, 6) is -9.00. The molecule has 1 amide bonds. The number of ether oxygens (including phenoxy) is 1. The number of nitrogens with zero attached hydrogens (tertiary/aromatic N) is 2. The summed E-state index contributed by atoms with van der Waals surface area (Å²) in [6, 6.07) is 1.02. The summed E-state index contributed by atoms with van der Waals surface area (Å²) in [6.07, 6.45) is 0. The predicted octanol–water partition coefficient (Wildman–Crippen LogP) is 3.07. The lowest BCUT2D eigenvalue weighted by Crippen LogP contribution is -2.16. The van der Waals surface area contributed by atoms with Crippen LogP contribution >= 0.6 is 0 Å². The molecule has 2 aromatic rings. The number of halogens is 4. The summed E-state index contributed by atoms with van der Waals surface area (Å²) in [5.41, 5.74) is 9.12. The van der Waals surface area contributed by atoms with Crippen molar-refractivity contribution in [2.45, 2.75) is 14.9 Å². The van der Waals surface area contributed by atoms with Crippen LogP contribution in [0.4, 0.5) is 40.3 Å². The Kier molecular flexibility index (Phi) is 11.0. The molecule has 182 valence electrons. The third kappa shape index (κ3) is 6.25. The topological polar surface area (TPSA) is 208 Å². The highest BCUT2D eigenvalue weighted by molar-refractivity contribution is 5.94. The summed E-state index contributed by atoms with van der Waals surface area (Å²) in [6.45, 7) is 0. The lowest BCUT2D eigenvalue weighted by molar-refractivity contribution is -0.384. The summed E-state index contributed by atoms with van der Waals surface area (Å²) in [5, 5.41) is 20.8. The van der Waals surface area contributed by atoms with E-state index in [1.807, 2.05) is 0 Å². The highest BCUT2D eigenvalue weighted by atomic mass is 19.2. The fourth-order valence-electron chi connectivity index (χ4n) is 1.99. The molecule has 0 bridgehead atoms. The van der Waals surface area contributed by atoms with E-state index in [1.54, 1.807) is 0 Å². The van der Waals surface area contributed by atoms with Crippen LogP contribution in [0.25, 0.3) is 0 Å². The smallest absolute Gasteiger partial charge is 0.341 e. The normalized spacial score (nSPS) is 9.36. The van der Waals surface area contributed by atoms with E-state index < -0.39 is 78.9 Å². The molecule has 2 aromatic carbocycles. The number of carbonyl (C=O) groups excluding carboxylic acids is 2. The Morgan fingerprint density at radius 2 is 1.15 bits per heavy atom. The minimum Gasteiger partial charge on any atom is -0.465 e. The van der Waals surface area contributed by atoms with Crippen molar-refractivity contribution in [2.75, 3.05) is 18.6 Å². The van der Waals surface area contributed by atoms with E-state index >= 15 is 0 Å². The number of nitrogens with two attached hydrogens (primary N) is 3. The van der Waals surface area contributed by atoms with Crippen molar-refractivity contribution in [1.29, 1.82) is 0 Å². The second kappa shape index (κ2) is 11.8. The number of nitro benzene ring substituents is 2. The monoisotopic (exact) mass is 481 g/mol. The van der Waals surface area contributed by atoms with Gasteiger partial charge in [-0.25, -0.2) is 22.4 Å². The summed E-state index contributed by atoms with van der Waals surface area (Å²) < 4.78 is 56.3. The Bertz CT molecular complexity index is 1070. The Labute approximate surface area is 183 Å². The van der Waals surface area contributed by atoms with Gasteiger partial charge in [0.05, 0.1) is 22.5 Å². The lowest BCUT2D eigenvalue weighted by Gasteiger charge is -2.04. The fourth-order valence-corrected chi connectivity index (χ4v) is 1.99. The number of hydrogen-bond donors (Lipinski definition) is 3. The molecule has 0 aromatic heterocycles. The molecule has 16 heteroatoms. The van der Waals surface area contributed by atoms with Crippen molar-refractivity contribution in [1.82, 2.24) is 0 Å². The largest absolute Gasteiger partial charge is 0.465 e. The Morgan fingerprint density at radius 3 is 1.45 bits per heavy atom. The summed E-state index contributed by atoms with van der Waals surface area (Å²) in [7, 11) is 0.932. The van der Waals surface area contributed by atoms with Gasteiger partial charge < -0.3 is 21.9 Å². The Balaban J connectivity index is 0. The van der Waals surface area contributed by atoms with Crippen LogP contribution in [-0.2, 0) is 4.74 Å². The zero-order chi connectivity index (χ0) is 24.2. The van der Waals surface area contributed by atoms with Gasteiger partial charge in [-0.15, -0.1) is 0 Å². The number of nitro groups is 2. The summed E-state index contributed by atoms with van der Waals surface area (Å²) in [4.78, 5) is 40.3. The number of rotatable bonds is 4. The number of anilines is 2. The van der Waals surface area contributed by atoms with Crippen LogP contribution in [0.5, 0.6) is 0 Å². The Morgan fingerprint density at radius 1 is 0.818 bits per heavy atom. The third-order valence-electron chi connectivity index (χ3n) is 3.51. The maximum absolute atomic E-state index is 13.2. The highest BCUT2D eigenvalue weighted by Gasteiger charge is 2.27. The number of carbonyl (C=O) groups is 2. The molecule has 0 unspecified atom stereocenters. The van der Waals surface area contributed by atoms with Crippen molar-refractivity contribution in [3.05, 3.63) is 66.8 Å². The summed E-state index contributed by atoms with van der Waals surface area (Å²) >= 11 is 0. The molecule has 0 atom stereocenters. The van der Waals surface area contributed by atoms with Crippen LogP contribution < -0.4 is 17.2 Å². The van der Waals surface area contributed by atoms with Crippen LogP contribution in [0.15, 0.2) is 12.1 Å². The first kappa shape index (κ1) is 30.7. The molecule has 33 heavy (non-hydrogen) atoms. The van der Waals surface area contributed by atoms with Crippen molar-refractivity contribution >= 4 is 34.6 Å². The molecule has 2 rings (SSSR count). The van der Waals surface area contributed by atoms with E-state index in [4.69, 9.17) is 17.2 Å². The number of nitrogen functional groups attached to an aromatic ring is 2. The standard InChI is InChI=1S/C8H6F2N2O4.C7H5F2N3O3.2CH4/c1-16-8(13)3-2-4(12(14)15)7(11)6(10)5(3)9;8-4-2(7(11)13)1-3(12(14)15)6(10)5(4)9;;/h2H,11H2,1H3;1H,10H2,(H2,11,13);2*1H4. The van der Waals surface area contributed by atoms with Gasteiger partial charge in [0.25, 0.3) is 17.3 Å². The molecule has 0 aliphatic carbocycles. The van der Waals surface area contributed by atoms with Gasteiger partial charge in [0.2, 0.25) is 0 Å². The minimum absolute atomic E-state index is 0.